The Hall–Kier alpha value is -2.37. The van der Waals surface area contributed by atoms with Gasteiger partial charge in [0.1, 0.15) is 5.82 Å². The summed E-state index contributed by atoms with van der Waals surface area (Å²) < 4.78 is 13.0. The van der Waals surface area contributed by atoms with Crippen LogP contribution in [-0.2, 0) is 4.79 Å². The van der Waals surface area contributed by atoms with E-state index in [1.54, 1.807) is 17.0 Å². The Morgan fingerprint density at radius 1 is 1.30 bits per heavy atom. The number of likely N-dealkylation sites (N-methyl/N-ethyl adjacent to an activating group) is 1. The molecule has 2 aliphatic heterocycles. The average molecular weight is 275 g/mol. The van der Waals surface area contributed by atoms with Gasteiger partial charge in [-0.2, -0.15) is 0 Å². The number of nitrogens with one attached hydrogen (secondary N) is 2. The molecule has 0 saturated carbocycles. The minimum Gasteiger partial charge on any atom is -0.333 e. The third-order valence-electron chi connectivity index (χ3n) is 3.61. The van der Waals surface area contributed by atoms with Gasteiger partial charge in [-0.3, -0.25) is 4.79 Å². The van der Waals surface area contributed by atoms with Crippen LogP contribution in [0.15, 0.2) is 35.5 Å². The minimum absolute atomic E-state index is 0.0932. The molecule has 2 aliphatic rings. The van der Waals surface area contributed by atoms with E-state index in [4.69, 9.17) is 0 Å². The van der Waals surface area contributed by atoms with Crippen LogP contribution in [0.4, 0.5) is 9.18 Å². The van der Waals surface area contributed by atoms with Crippen LogP contribution in [0, 0.1) is 5.82 Å². The molecule has 0 bridgehead atoms. The van der Waals surface area contributed by atoms with E-state index in [2.05, 4.69) is 10.6 Å². The molecule has 0 radical (unpaired) electrons. The van der Waals surface area contributed by atoms with Gasteiger partial charge >= 0.3 is 6.03 Å². The number of carbonyl (C=O) groups is 2. The van der Waals surface area contributed by atoms with Crippen LogP contribution in [0.5, 0.6) is 0 Å². The zero-order chi connectivity index (χ0) is 14.3. The SMILES string of the molecule is CCN1CC2=C(C1=O)[C@@H](c1ccc(F)cc1)NC(=O)N2. The predicted octanol–water partition coefficient (Wildman–Crippen LogP) is 1.30. The van der Waals surface area contributed by atoms with Crippen LogP contribution >= 0.6 is 0 Å². The van der Waals surface area contributed by atoms with Crippen molar-refractivity contribution >= 4 is 11.9 Å². The number of urea groups is 1. The third kappa shape index (κ3) is 1.93. The number of halogens is 1. The van der Waals surface area contributed by atoms with E-state index < -0.39 is 6.04 Å². The predicted molar refractivity (Wildman–Crippen MR) is 70.1 cm³/mol. The quantitative estimate of drug-likeness (QED) is 0.854. The van der Waals surface area contributed by atoms with Gasteiger partial charge in [-0.25, -0.2) is 9.18 Å². The first-order valence-corrected chi connectivity index (χ1v) is 6.45. The van der Waals surface area contributed by atoms with Gasteiger partial charge in [0, 0.05) is 6.54 Å². The topological polar surface area (TPSA) is 61.4 Å². The van der Waals surface area contributed by atoms with E-state index in [-0.39, 0.29) is 17.8 Å². The lowest BCUT2D eigenvalue weighted by Gasteiger charge is -2.25. The molecule has 20 heavy (non-hydrogen) atoms. The van der Waals surface area contributed by atoms with Gasteiger partial charge in [0.15, 0.2) is 0 Å². The van der Waals surface area contributed by atoms with Crippen LogP contribution in [0.1, 0.15) is 18.5 Å². The maximum Gasteiger partial charge on any atom is 0.319 e. The van der Waals surface area contributed by atoms with Crippen LogP contribution in [0.3, 0.4) is 0 Å². The number of carbonyl (C=O) groups excluding carboxylic acids is 2. The van der Waals surface area contributed by atoms with Gasteiger partial charge < -0.3 is 15.5 Å². The lowest BCUT2D eigenvalue weighted by atomic mass is 9.96. The molecule has 3 amide bonds. The van der Waals surface area contributed by atoms with Crippen molar-refractivity contribution in [3.8, 4) is 0 Å². The summed E-state index contributed by atoms with van der Waals surface area (Å²) in [5.74, 6) is -0.444. The second-order valence-electron chi connectivity index (χ2n) is 4.79. The second kappa shape index (κ2) is 4.63. The zero-order valence-corrected chi connectivity index (χ0v) is 10.9. The molecule has 0 unspecified atom stereocenters. The summed E-state index contributed by atoms with van der Waals surface area (Å²) in [6, 6.07) is 4.94. The number of amides is 3. The summed E-state index contributed by atoms with van der Waals surface area (Å²) in [6.07, 6.45) is 0. The summed E-state index contributed by atoms with van der Waals surface area (Å²) in [5.41, 5.74) is 1.87. The molecule has 6 heteroatoms. The molecule has 5 nitrogen and oxygen atoms in total. The fraction of sp³-hybridized carbons (Fsp3) is 0.286. The molecular formula is C14H14FN3O2. The number of hydrogen-bond donors (Lipinski definition) is 2. The molecule has 0 fully saturated rings. The highest BCUT2D eigenvalue weighted by Gasteiger charge is 2.39. The Balaban J connectivity index is 2.01. The number of hydrogen-bond acceptors (Lipinski definition) is 2. The van der Waals surface area contributed by atoms with E-state index >= 15 is 0 Å². The second-order valence-corrected chi connectivity index (χ2v) is 4.79. The first-order valence-electron chi connectivity index (χ1n) is 6.45. The molecule has 0 spiro atoms. The number of nitrogens with zero attached hydrogens (tertiary/aromatic N) is 1. The standard InChI is InChI=1S/C14H14FN3O2/c1-2-18-7-10-11(13(18)19)12(17-14(20)16-10)8-3-5-9(15)6-4-8/h3-6,12H,2,7H2,1H3,(H2,16,17,20)/t12-/m1/s1. The summed E-state index contributed by atoms with van der Waals surface area (Å²) in [6.45, 7) is 2.88. The molecular weight excluding hydrogens is 261 g/mol. The van der Waals surface area contributed by atoms with Crippen molar-refractivity contribution in [1.29, 1.82) is 0 Å². The van der Waals surface area contributed by atoms with Crippen LogP contribution in [0.2, 0.25) is 0 Å². The normalized spacial score (nSPS) is 21.7. The molecule has 2 heterocycles. The highest BCUT2D eigenvalue weighted by molar-refractivity contribution is 6.01. The number of rotatable bonds is 2. The fourth-order valence-electron chi connectivity index (χ4n) is 2.59. The van der Waals surface area contributed by atoms with E-state index in [0.717, 1.165) is 0 Å². The average Bonchev–Trinajstić information content (AvgIpc) is 2.75. The fourth-order valence-corrected chi connectivity index (χ4v) is 2.59. The van der Waals surface area contributed by atoms with Crippen molar-refractivity contribution in [3.63, 3.8) is 0 Å². The smallest absolute Gasteiger partial charge is 0.319 e. The summed E-state index contributed by atoms with van der Waals surface area (Å²) in [4.78, 5) is 25.7. The van der Waals surface area contributed by atoms with E-state index in [1.807, 2.05) is 6.92 Å². The van der Waals surface area contributed by atoms with Crippen molar-refractivity contribution in [2.45, 2.75) is 13.0 Å². The van der Waals surface area contributed by atoms with Gasteiger partial charge in [-0.1, -0.05) is 12.1 Å². The Labute approximate surface area is 115 Å². The number of benzene rings is 1. The largest absolute Gasteiger partial charge is 0.333 e. The third-order valence-corrected chi connectivity index (χ3v) is 3.61. The van der Waals surface area contributed by atoms with Crippen molar-refractivity contribution in [2.75, 3.05) is 13.1 Å². The lowest BCUT2D eigenvalue weighted by Crippen LogP contribution is -2.44. The summed E-state index contributed by atoms with van der Waals surface area (Å²) >= 11 is 0. The summed E-state index contributed by atoms with van der Waals surface area (Å²) in [5, 5.41) is 5.40. The molecule has 1 aromatic carbocycles. The Bertz CT molecular complexity index is 609. The van der Waals surface area contributed by atoms with E-state index in [0.29, 0.717) is 29.9 Å². The maximum absolute atomic E-state index is 13.0. The highest BCUT2D eigenvalue weighted by Crippen LogP contribution is 2.32. The molecule has 3 rings (SSSR count). The minimum atomic E-state index is -0.525. The van der Waals surface area contributed by atoms with Gasteiger partial charge in [-0.05, 0) is 24.6 Å². The first-order chi connectivity index (χ1) is 9.60. The Morgan fingerprint density at radius 3 is 2.65 bits per heavy atom. The van der Waals surface area contributed by atoms with Crippen LogP contribution in [-0.4, -0.2) is 29.9 Å². The van der Waals surface area contributed by atoms with Gasteiger partial charge in [0.05, 0.1) is 23.9 Å². The van der Waals surface area contributed by atoms with Crippen molar-refractivity contribution in [3.05, 3.63) is 46.9 Å². The van der Waals surface area contributed by atoms with E-state index in [1.165, 1.54) is 12.1 Å². The summed E-state index contributed by atoms with van der Waals surface area (Å²) in [7, 11) is 0. The van der Waals surface area contributed by atoms with Crippen molar-refractivity contribution in [2.24, 2.45) is 0 Å². The zero-order valence-electron chi connectivity index (χ0n) is 10.9. The monoisotopic (exact) mass is 275 g/mol. The van der Waals surface area contributed by atoms with Crippen LogP contribution < -0.4 is 10.6 Å². The van der Waals surface area contributed by atoms with Gasteiger partial charge in [0.2, 0.25) is 0 Å². The molecule has 1 atom stereocenters. The van der Waals surface area contributed by atoms with Crippen LogP contribution in [0.25, 0.3) is 0 Å². The molecule has 104 valence electrons. The Kier molecular flexibility index (Phi) is 2.93. The van der Waals surface area contributed by atoms with Gasteiger partial charge in [0.25, 0.3) is 5.91 Å². The van der Waals surface area contributed by atoms with Crippen molar-refractivity contribution in [1.82, 2.24) is 15.5 Å². The Morgan fingerprint density at radius 2 is 2.00 bits per heavy atom. The molecule has 2 N–H and O–H groups in total. The first kappa shape index (κ1) is 12.7. The maximum atomic E-state index is 13.0. The highest BCUT2D eigenvalue weighted by atomic mass is 19.1. The van der Waals surface area contributed by atoms with E-state index in [9.17, 15) is 14.0 Å². The molecule has 0 aromatic heterocycles. The lowest BCUT2D eigenvalue weighted by molar-refractivity contribution is -0.125. The van der Waals surface area contributed by atoms with Crippen molar-refractivity contribution < 1.29 is 14.0 Å². The molecule has 0 aliphatic carbocycles. The molecule has 1 aromatic rings. The molecule has 0 saturated heterocycles. The van der Waals surface area contributed by atoms with Gasteiger partial charge in [-0.15, -0.1) is 0 Å².